The fraction of sp³-hybridized carbons (Fsp3) is 0.429. The molecule has 0 bridgehead atoms. The molecule has 0 atom stereocenters. The highest BCUT2D eigenvalue weighted by molar-refractivity contribution is 7.92. The number of halogens is 3. The highest BCUT2D eigenvalue weighted by Crippen LogP contribution is 2.32. The summed E-state index contributed by atoms with van der Waals surface area (Å²) in [5.41, 5.74) is -4.59. The van der Waals surface area contributed by atoms with E-state index in [2.05, 4.69) is 10.3 Å². The first-order valence-corrected chi connectivity index (χ1v) is 8.79. The molecule has 24 heavy (non-hydrogen) atoms. The van der Waals surface area contributed by atoms with Crippen LogP contribution in [-0.4, -0.2) is 42.0 Å². The van der Waals surface area contributed by atoms with Crippen LogP contribution < -0.4 is 4.90 Å². The van der Waals surface area contributed by atoms with Crippen LogP contribution in [0.3, 0.4) is 0 Å². The normalized spacial score (nSPS) is 17.2. The van der Waals surface area contributed by atoms with Crippen LogP contribution in [0, 0.1) is 0 Å². The monoisotopic (exact) mass is 360 g/mol. The maximum absolute atomic E-state index is 12.5. The van der Waals surface area contributed by atoms with Gasteiger partial charge in [0.05, 0.1) is 17.1 Å². The van der Waals surface area contributed by atoms with Crippen molar-refractivity contribution in [2.45, 2.75) is 29.3 Å². The van der Waals surface area contributed by atoms with E-state index in [9.17, 15) is 21.6 Å². The summed E-state index contributed by atoms with van der Waals surface area (Å²) in [5.74, 6) is 0. The molecule has 2 aromatic rings. The molecule has 0 radical (unpaired) electrons. The van der Waals surface area contributed by atoms with E-state index < -0.39 is 20.2 Å². The summed E-state index contributed by atoms with van der Waals surface area (Å²) in [6, 6.07) is 5.07. The molecule has 0 aliphatic carbocycles. The maximum atomic E-state index is 12.5. The van der Waals surface area contributed by atoms with E-state index in [1.807, 2.05) is 4.90 Å². The van der Waals surface area contributed by atoms with E-state index in [0.717, 1.165) is 25.0 Å². The van der Waals surface area contributed by atoms with Gasteiger partial charge < -0.3 is 4.90 Å². The maximum Gasteiger partial charge on any atom is 0.501 e. The summed E-state index contributed by atoms with van der Waals surface area (Å²) < 4.78 is 62.1. The van der Waals surface area contributed by atoms with Crippen LogP contribution in [0.4, 0.5) is 18.9 Å². The first-order chi connectivity index (χ1) is 11.3. The van der Waals surface area contributed by atoms with Crippen LogP contribution in [0.25, 0.3) is 0 Å². The van der Waals surface area contributed by atoms with Crippen molar-refractivity contribution >= 4 is 15.5 Å². The predicted octanol–water partition coefficient (Wildman–Crippen LogP) is 2.41. The SMILES string of the molecule is O=S(=O)(c1ccc(N2CCC(n3ccnn3)CC2)cc1)C(F)(F)F. The number of nitrogens with zero attached hydrogens (tertiary/aromatic N) is 4. The fourth-order valence-corrected chi connectivity index (χ4v) is 3.53. The number of rotatable bonds is 3. The third-order valence-corrected chi connectivity index (χ3v) is 5.60. The Balaban J connectivity index is 1.69. The number of piperidine rings is 1. The number of anilines is 1. The smallest absolute Gasteiger partial charge is 0.371 e. The van der Waals surface area contributed by atoms with Crippen molar-refractivity contribution in [2.24, 2.45) is 0 Å². The zero-order valence-corrected chi connectivity index (χ0v) is 13.3. The van der Waals surface area contributed by atoms with Gasteiger partial charge in [-0.05, 0) is 37.1 Å². The summed E-state index contributed by atoms with van der Waals surface area (Å²) in [7, 11) is -5.30. The average molecular weight is 360 g/mol. The quantitative estimate of drug-likeness (QED) is 0.841. The molecule has 2 heterocycles. The van der Waals surface area contributed by atoms with Gasteiger partial charge in [-0.1, -0.05) is 5.21 Å². The molecular formula is C14H15F3N4O2S. The van der Waals surface area contributed by atoms with Crippen molar-refractivity contribution in [3.8, 4) is 0 Å². The van der Waals surface area contributed by atoms with Gasteiger partial charge in [-0.2, -0.15) is 13.2 Å². The number of hydrogen-bond donors (Lipinski definition) is 0. The lowest BCUT2D eigenvalue weighted by atomic mass is 10.0. The molecule has 1 aliphatic heterocycles. The van der Waals surface area contributed by atoms with Crippen LogP contribution in [0.5, 0.6) is 0 Å². The van der Waals surface area contributed by atoms with E-state index in [1.54, 1.807) is 17.1 Å². The molecule has 6 nitrogen and oxygen atoms in total. The van der Waals surface area contributed by atoms with Gasteiger partial charge in [0.1, 0.15) is 0 Å². The second-order valence-corrected chi connectivity index (χ2v) is 7.49. The molecule has 1 fully saturated rings. The van der Waals surface area contributed by atoms with Gasteiger partial charge in [-0.15, -0.1) is 5.10 Å². The van der Waals surface area contributed by atoms with Gasteiger partial charge in [-0.3, -0.25) is 0 Å². The van der Waals surface area contributed by atoms with Gasteiger partial charge >= 0.3 is 5.51 Å². The van der Waals surface area contributed by atoms with Crippen molar-refractivity contribution in [3.63, 3.8) is 0 Å². The molecule has 0 spiro atoms. The fourth-order valence-electron chi connectivity index (χ4n) is 2.77. The molecule has 1 aliphatic rings. The number of aromatic nitrogens is 3. The highest BCUT2D eigenvalue weighted by Gasteiger charge is 2.46. The second-order valence-electron chi connectivity index (χ2n) is 5.54. The van der Waals surface area contributed by atoms with Gasteiger partial charge in [0.2, 0.25) is 0 Å². The van der Waals surface area contributed by atoms with Crippen molar-refractivity contribution in [3.05, 3.63) is 36.7 Å². The van der Waals surface area contributed by atoms with E-state index in [0.29, 0.717) is 18.8 Å². The standard InChI is InChI=1S/C14H15F3N4O2S/c15-14(16,17)24(22,23)13-3-1-11(2-4-13)20-8-5-12(6-9-20)21-10-7-18-19-21/h1-4,7,10,12H,5-6,8-9H2. The first-order valence-electron chi connectivity index (χ1n) is 7.31. The topological polar surface area (TPSA) is 68.1 Å². The Labute approximate surface area is 136 Å². The molecule has 130 valence electrons. The second kappa shape index (κ2) is 6.08. The summed E-state index contributed by atoms with van der Waals surface area (Å²) in [4.78, 5) is 1.27. The number of benzene rings is 1. The molecule has 1 aromatic carbocycles. The Hall–Kier alpha value is -2.10. The van der Waals surface area contributed by atoms with Crippen LogP contribution >= 0.6 is 0 Å². The zero-order chi connectivity index (χ0) is 17.4. The van der Waals surface area contributed by atoms with Crippen LogP contribution in [0.2, 0.25) is 0 Å². The average Bonchev–Trinajstić information content (AvgIpc) is 3.08. The molecular weight excluding hydrogens is 345 g/mol. The molecule has 1 saturated heterocycles. The third kappa shape index (κ3) is 3.10. The van der Waals surface area contributed by atoms with Crippen molar-refractivity contribution in [1.82, 2.24) is 15.0 Å². The van der Waals surface area contributed by atoms with Gasteiger partial charge in [-0.25, -0.2) is 13.1 Å². The van der Waals surface area contributed by atoms with Gasteiger partial charge in [0.25, 0.3) is 9.84 Å². The van der Waals surface area contributed by atoms with Crippen molar-refractivity contribution < 1.29 is 21.6 Å². The summed E-state index contributed by atoms with van der Waals surface area (Å²) in [5, 5.41) is 7.75. The third-order valence-electron chi connectivity index (χ3n) is 4.10. The lowest BCUT2D eigenvalue weighted by Crippen LogP contribution is -2.34. The minimum absolute atomic E-state index is 0.244. The van der Waals surface area contributed by atoms with Gasteiger partial charge in [0.15, 0.2) is 0 Å². The lowest BCUT2D eigenvalue weighted by Gasteiger charge is -2.33. The Kier molecular flexibility index (Phi) is 4.24. The molecule has 10 heteroatoms. The largest absolute Gasteiger partial charge is 0.501 e. The van der Waals surface area contributed by atoms with E-state index in [-0.39, 0.29) is 6.04 Å². The Morgan fingerprint density at radius 2 is 1.71 bits per heavy atom. The van der Waals surface area contributed by atoms with Crippen molar-refractivity contribution in [2.75, 3.05) is 18.0 Å². The Bertz CT molecular complexity index is 780. The van der Waals surface area contributed by atoms with E-state index in [1.165, 1.54) is 12.1 Å². The molecule has 1 aromatic heterocycles. The molecule has 0 unspecified atom stereocenters. The molecule has 0 saturated carbocycles. The molecule has 3 rings (SSSR count). The number of alkyl halides is 3. The summed E-state index contributed by atoms with van der Waals surface area (Å²) in [6.07, 6.45) is 5.07. The van der Waals surface area contributed by atoms with E-state index >= 15 is 0 Å². The molecule has 0 N–H and O–H groups in total. The number of sulfone groups is 1. The number of hydrogen-bond acceptors (Lipinski definition) is 5. The summed E-state index contributed by atoms with van der Waals surface area (Å²) in [6.45, 7) is 1.41. The van der Waals surface area contributed by atoms with Crippen LogP contribution in [0.1, 0.15) is 18.9 Å². The predicted molar refractivity (Wildman–Crippen MR) is 80.2 cm³/mol. The van der Waals surface area contributed by atoms with Gasteiger partial charge in [0, 0.05) is 25.0 Å². The minimum atomic E-state index is -5.30. The van der Waals surface area contributed by atoms with Crippen molar-refractivity contribution in [1.29, 1.82) is 0 Å². The minimum Gasteiger partial charge on any atom is -0.371 e. The zero-order valence-electron chi connectivity index (χ0n) is 12.5. The Morgan fingerprint density at radius 1 is 1.08 bits per heavy atom. The van der Waals surface area contributed by atoms with Crippen LogP contribution in [0.15, 0.2) is 41.6 Å². The highest BCUT2D eigenvalue weighted by atomic mass is 32.2. The molecule has 0 amide bonds. The van der Waals surface area contributed by atoms with Crippen LogP contribution in [-0.2, 0) is 9.84 Å². The van der Waals surface area contributed by atoms with E-state index in [4.69, 9.17) is 0 Å². The Morgan fingerprint density at radius 3 is 2.21 bits per heavy atom. The lowest BCUT2D eigenvalue weighted by molar-refractivity contribution is -0.0436. The first kappa shape index (κ1) is 16.7. The summed E-state index contributed by atoms with van der Waals surface area (Å²) >= 11 is 0.